The fraction of sp³-hybridized carbons (Fsp3) is 0.750. The van der Waals surface area contributed by atoms with Crippen LogP contribution in [0.4, 0.5) is 0 Å². The van der Waals surface area contributed by atoms with Gasteiger partial charge in [-0.05, 0) is 0 Å². The topological polar surface area (TPSA) is 9.23 Å². The summed E-state index contributed by atoms with van der Waals surface area (Å²) in [6.45, 7) is 4.33. The van der Waals surface area contributed by atoms with Crippen LogP contribution in [0.1, 0.15) is 6.42 Å². The predicted molar refractivity (Wildman–Crippen MR) is 21.8 cm³/mol. The minimum atomic E-state index is 0. The molecule has 6 heavy (non-hydrogen) atoms. The second-order valence-corrected chi connectivity index (χ2v) is 0.846. The fourth-order valence-corrected chi connectivity index (χ4v) is 0.144. The Morgan fingerprint density at radius 1 is 1.67 bits per heavy atom. The van der Waals surface area contributed by atoms with E-state index in [0.29, 0.717) is 0 Å². The molecule has 0 aliphatic rings. The van der Waals surface area contributed by atoms with Crippen molar-refractivity contribution in [3.63, 3.8) is 0 Å². The number of rotatable bonds is 2. The summed E-state index contributed by atoms with van der Waals surface area (Å²) < 4.78 is 4.63. The summed E-state index contributed by atoms with van der Waals surface area (Å²) in [5.41, 5.74) is 0. The average Bonchev–Trinajstić information content (AvgIpc) is 1.41. The Labute approximate surface area is 64.3 Å². The molecule has 0 aromatic heterocycles. The number of methoxy groups -OCH3 is 1. The molecule has 0 spiro atoms. The van der Waals surface area contributed by atoms with E-state index in [9.17, 15) is 0 Å². The van der Waals surface area contributed by atoms with E-state index in [-0.39, 0.29) is 32.7 Å². The predicted octanol–water partition coefficient (Wildman–Crippen LogP) is 0.854. The molecule has 0 fully saturated rings. The molecule has 35 valence electrons. The van der Waals surface area contributed by atoms with E-state index < -0.39 is 0 Å². The van der Waals surface area contributed by atoms with Gasteiger partial charge in [0.05, 0.1) is 0 Å². The quantitative estimate of drug-likeness (QED) is 0.547. The van der Waals surface area contributed by atoms with Gasteiger partial charge in [0.15, 0.2) is 0 Å². The fourth-order valence-electron chi connectivity index (χ4n) is 0.144. The first-order valence-electron chi connectivity index (χ1n) is 1.70. The molecule has 0 aromatic carbocycles. The van der Waals surface area contributed by atoms with E-state index in [2.05, 4.69) is 11.7 Å². The first kappa shape index (κ1) is 10.1. The molecule has 0 N–H and O–H groups in total. The molecule has 0 aromatic rings. The maximum Gasteiger partial charge on any atom is 0.0353 e. The Morgan fingerprint density at radius 3 is 2.17 bits per heavy atom. The Bertz CT molecular complexity index is 15.0. The molecule has 0 unspecified atom stereocenters. The molecule has 0 rings (SSSR count). The summed E-state index contributed by atoms with van der Waals surface area (Å²) in [7, 11) is 1.67. The second-order valence-electron chi connectivity index (χ2n) is 0.846. The molecule has 0 saturated carbocycles. The molecule has 0 bridgehead atoms. The normalized spacial score (nSPS) is 7.00. The Morgan fingerprint density at radius 2 is 2.17 bits per heavy atom. The molecule has 1 radical (unpaired) electrons. The third kappa shape index (κ3) is 8.91. The average molecular weight is 162 g/mol. The van der Waals surface area contributed by atoms with Crippen LogP contribution in [0.2, 0.25) is 0 Å². The summed E-state index contributed by atoms with van der Waals surface area (Å²) in [5, 5.41) is 0. The smallest absolute Gasteiger partial charge is 0.0353 e. The van der Waals surface area contributed by atoms with Gasteiger partial charge in [0.2, 0.25) is 0 Å². The second kappa shape index (κ2) is 9.42. The van der Waals surface area contributed by atoms with Crippen LogP contribution in [0.5, 0.6) is 0 Å². The summed E-state index contributed by atoms with van der Waals surface area (Å²) in [6.07, 6.45) is 0.872. The molecule has 0 aliphatic carbocycles. The van der Waals surface area contributed by atoms with Crippen LogP contribution >= 0.6 is 0 Å². The monoisotopic (exact) mass is 162 g/mol. The van der Waals surface area contributed by atoms with Gasteiger partial charge in [-0.1, -0.05) is 0 Å². The zero-order valence-corrected chi connectivity index (χ0v) is 6.95. The zero-order chi connectivity index (χ0) is 4.12. The zero-order valence-electron chi connectivity index (χ0n) is 4.11. The van der Waals surface area contributed by atoms with Gasteiger partial charge in [-0.3, -0.25) is 0 Å². The minimum absolute atomic E-state index is 0. The van der Waals surface area contributed by atoms with Crippen LogP contribution in [0.3, 0.4) is 0 Å². The number of hydrogen-bond donors (Lipinski definition) is 0. The van der Waals surface area contributed by atoms with Crippen molar-refractivity contribution in [2.75, 3.05) is 13.7 Å². The van der Waals surface area contributed by atoms with Crippen LogP contribution < -0.4 is 0 Å². The molecule has 0 aliphatic heterocycles. The van der Waals surface area contributed by atoms with E-state index in [1.54, 1.807) is 7.11 Å². The Kier molecular flexibility index (Phi) is 15.9. The standard InChI is InChI=1S/C4H9O.Y/c1-3-4-5-2;/h1,3-4H2,2H3;/q-1;. The summed E-state index contributed by atoms with van der Waals surface area (Å²) >= 11 is 0. The molecule has 0 atom stereocenters. The van der Waals surface area contributed by atoms with Crippen LogP contribution in [0.15, 0.2) is 0 Å². The van der Waals surface area contributed by atoms with Crippen LogP contribution in [0.25, 0.3) is 0 Å². The van der Waals surface area contributed by atoms with Gasteiger partial charge in [-0.15, -0.1) is 0 Å². The minimum Gasteiger partial charge on any atom is -0.387 e. The maximum absolute atomic E-state index is 4.63. The van der Waals surface area contributed by atoms with Crippen molar-refractivity contribution in [2.24, 2.45) is 0 Å². The van der Waals surface area contributed by atoms with Gasteiger partial charge in [0.25, 0.3) is 0 Å². The summed E-state index contributed by atoms with van der Waals surface area (Å²) in [6, 6.07) is 0. The molecular formula is C4H9OY-. The van der Waals surface area contributed by atoms with E-state index in [4.69, 9.17) is 0 Å². The third-order valence-corrected chi connectivity index (χ3v) is 0.348. The molecule has 0 amide bonds. The van der Waals surface area contributed by atoms with Gasteiger partial charge in [0, 0.05) is 46.4 Å². The van der Waals surface area contributed by atoms with Crippen molar-refractivity contribution in [3.05, 3.63) is 6.92 Å². The van der Waals surface area contributed by atoms with Crippen molar-refractivity contribution >= 4 is 0 Å². The van der Waals surface area contributed by atoms with E-state index >= 15 is 0 Å². The molecular weight excluding hydrogens is 153 g/mol. The van der Waals surface area contributed by atoms with Crippen molar-refractivity contribution in [2.45, 2.75) is 6.42 Å². The molecule has 2 heteroatoms. The molecule has 0 heterocycles. The van der Waals surface area contributed by atoms with Gasteiger partial charge in [-0.25, -0.2) is 0 Å². The number of hydrogen-bond acceptors (Lipinski definition) is 1. The first-order valence-corrected chi connectivity index (χ1v) is 1.70. The Balaban J connectivity index is 0. The van der Waals surface area contributed by atoms with Crippen molar-refractivity contribution in [1.82, 2.24) is 0 Å². The van der Waals surface area contributed by atoms with Crippen molar-refractivity contribution in [1.29, 1.82) is 0 Å². The van der Waals surface area contributed by atoms with Crippen molar-refractivity contribution < 1.29 is 37.4 Å². The van der Waals surface area contributed by atoms with Gasteiger partial charge >= 0.3 is 0 Å². The van der Waals surface area contributed by atoms with Crippen LogP contribution in [-0.2, 0) is 37.4 Å². The maximum atomic E-state index is 4.63. The molecule has 0 saturated heterocycles. The first-order chi connectivity index (χ1) is 2.41. The summed E-state index contributed by atoms with van der Waals surface area (Å²) in [4.78, 5) is 0. The van der Waals surface area contributed by atoms with E-state index in [1.165, 1.54) is 0 Å². The largest absolute Gasteiger partial charge is 0.387 e. The third-order valence-electron chi connectivity index (χ3n) is 0.348. The number of ether oxygens (including phenoxy) is 1. The van der Waals surface area contributed by atoms with E-state index in [0.717, 1.165) is 13.0 Å². The van der Waals surface area contributed by atoms with Gasteiger partial charge in [0.1, 0.15) is 0 Å². The van der Waals surface area contributed by atoms with E-state index in [1.807, 2.05) is 0 Å². The van der Waals surface area contributed by atoms with Gasteiger partial charge in [-0.2, -0.15) is 6.42 Å². The Hall–Kier alpha value is 1.06. The molecule has 1 nitrogen and oxygen atoms in total. The summed E-state index contributed by atoms with van der Waals surface area (Å²) in [5.74, 6) is 0. The van der Waals surface area contributed by atoms with Gasteiger partial charge < -0.3 is 11.7 Å². The SMILES string of the molecule is [CH2-]CCOC.[Y]. The van der Waals surface area contributed by atoms with Crippen LogP contribution in [0, 0.1) is 6.92 Å². The van der Waals surface area contributed by atoms with Crippen molar-refractivity contribution in [3.8, 4) is 0 Å². The van der Waals surface area contributed by atoms with Crippen LogP contribution in [-0.4, -0.2) is 13.7 Å².